The van der Waals surface area contributed by atoms with E-state index < -0.39 is 11.0 Å². The molecule has 4 heteroatoms. The van der Waals surface area contributed by atoms with Crippen LogP contribution in [0.1, 0.15) is 68.1 Å². The van der Waals surface area contributed by atoms with Gasteiger partial charge in [-0.1, -0.05) is 43.3 Å². The van der Waals surface area contributed by atoms with Crippen LogP contribution in [0.2, 0.25) is 0 Å². The third-order valence-corrected chi connectivity index (χ3v) is 8.37. The van der Waals surface area contributed by atoms with Crippen LogP contribution < -0.4 is 5.73 Å². The van der Waals surface area contributed by atoms with Gasteiger partial charge in [0.25, 0.3) is 0 Å². The first kappa shape index (κ1) is 17.7. The summed E-state index contributed by atoms with van der Waals surface area (Å²) in [5.41, 5.74) is 8.50. The van der Waals surface area contributed by atoms with Crippen molar-refractivity contribution in [2.45, 2.75) is 68.8 Å². The van der Waals surface area contributed by atoms with E-state index in [1.54, 1.807) is 0 Å². The van der Waals surface area contributed by atoms with Gasteiger partial charge in [0, 0.05) is 11.0 Å². The second-order valence-electron chi connectivity index (χ2n) is 9.58. The number of benzene rings is 1. The zero-order chi connectivity index (χ0) is 19.0. The molecule has 5 rings (SSSR count). The first-order chi connectivity index (χ1) is 12.9. The van der Waals surface area contributed by atoms with Gasteiger partial charge in [0.1, 0.15) is 10.7 Å². The van der Waals surface area contributed by atoms with E-state index in [1.165, 1.54) is 30.4 Å². The summed E-state index contributed by atoms with van der Waals surface area (Å²) in [7, 11) is 0. The number of phenols is 1. The standard InChI is InChI=1S/C23H29NO2S/c1-13-6-9-23(26)18-11-16-4-5-17(21(24)27)20(25)19(16)22(23,12-13)8-7-15(18)10-14-2-3-14/h4-5,14-15,18,25-26H,1-3,6-12H2,(H2,24,27). The SMILES string of the molecule is C=C1CCC2(O)C3Cc4ccc(C(N)=S)c(O)c4C2(CCC3CC2CC2)C1. The Labute approximate surface area is 166 Å². The topological polar surface area (TPSA) is 66.5 Å². The number of fused-ring (bicyclic) bond motifs is 1. The molecule has 2 bridgehead atoms. The van der Waals surface area contributed by atoms with E-state index in [0.717, 1.165) is 50.0 Å². The van der Waals surface area contributed by atoms with Gasteiger partial charge in [-0.3, -0.25) is 0 Å². The number of hydrogen-bond acceptors (Lipinski definition) is 3. The lowest BCUT2D eigenvalue weighted by Crippen LogP contribution is -2.66. The maximum absolute atomic E-state index is 12.2. The van der Waals surface area contributed by atoms with Crippen molar-refractivity contribution in [1.29, 1.82) is 0 Å². The highest BCUT2D eigenvalue weighted by atomic mass is 32.1. The molecule has 4 atom stereocenters. The van der Waals surface area contributed by atoms with Gasteiger partial charge in [-0.15, -0.1) is 0 Å². The predicted octanol–water partition coefficient (Wildman–Crippen LogP) is 4.12. The fourth-order valence-electron chi connectivity index (χ4n) is 6.74. The van der Waals surface area contributed by atoms with Crippen LogP contribution in [0.5, 0.6) is 5.75 Å². The van der Waals surface area contributed by atoms with Crippen LogP contribution in [0, 0.1) is 17.8 Å². The van der Waals surface area contributed by atoms with Crippen molar-refractivity contribution in [3.8, 4) is 5.75 Å². The molecule has 4 aliphatic rings. The molecule has 3 saturated carbocycles. The monoisotopic (exact) mass is 383 g/mol. The van der Waals surface area contributed by atoms with Crippen molar-refractivity contribution >= 4 is 17.2 Å². The number of aliphatic hydroxyl groups is 1. The molecule has 3 nitrogen and oxygen atoms in total. The Morgan fingerprint density at radius 2 is 2.04 bits per heavy atom. The fourth-order valence-corrected chi connectivity index (χ4v) is 6.91. The van der Waals surface area contributed by atoms with Gasteiger partial charge in [0.05, 0.1) is 11.2 Å². The molecule has 4 N–H and O–H groups in total. The Morgan fingerprint density at radius 1 is 1.26 bits per heavy atom. The Hall–Kier alpha value is -1.39. The number of thiocarbonyl (C=S) groups is 1. The fraction of sp³-hybridized carbons (Fsp3) is 0.609. The van der Waals surface area contributed by atoms with E-state index in [2.05, 4.69) is 12.6 Å². The average molecular weight is 384 g/mol. The minimum Gasteiger partial charge on any atom is -0.507 e. The van der Waals surface area contributed by atoms with E-state index in [0.29, 0.717) is 11.5 Å². The highest BCUT2D eigenvalue weighted by Crippen LogP contribution is 2.65. The van der Waals surface area contributed by atoms with Crippen LogP contribution in [0.15, 0.2) is 24.3 Å². The van der Waals surface area contributed by atoms with Crippen molar-refractivity contribution in [3.63, 3.8) is 0 Å². The molecule has 0 aromatic heterocycles. The molecule has 0 spiro atoms. The lowest BCUT2D eigenvalue weighted by Gasteiger charge is -2.63. The zero-order valence-corrected chi connectivity index (χ0v) is 16.7. The van der Waals surface area contributed by atoms with Gasteiger partial charge in [0.15, 0.2) is 0 Å². The number of aromatic hydroxyl groups is 1. The highest BCUT2D eigenvalue weighted by molar-refractivity contribution is 7.80. The number of rotatable bonds is 3. The summed E-state index contributed by atoms with van der Waals surface area (Å²) in [6.45, 7) is 4.27. The van der Waals surface area contributed by atoms with Gasteiger partial charge in [-0.2, -0.15) is 0 Å². The molecular formula is C23H29NO2S. The maximum atomic E-state index is 12.2. The maximum Gasteiger partial charge on any atom is 0.129 e. The van der Waals surface area contributed by atoms with E-state index in [4.69, 9.17) is 18.0 Å². The lowest BCUT2D eigenvalue weighted by atomic mass is 9.43. The molecular weight excluding hydrogens is 354 g/mol. The smallest absolute Gasteiger partial charge is 0.129 e. The van der Waals surface area contributed by atoms with Gasteiger partial charge < -0.3 is 15.9 Å². The Bertz CT molecular complexity index is 845. The number of nitrogens with two attached hydrogens (primary N) is 1. The average Bonchev–Trinajstić information content (AvgIpc) is 3.42. The molecule has 3 fully saturated rings. The van der Waals surface area contributed by atoms with Crippen LogP contribution in [-0.4, -0.2) is 20.8 Å². The summed E-state index contributed by atoms with van der Waals surface area (Å²) < 4.78 is 0. The molecule has 4 unspecified atom stereocenters. The Balaban J connectivity index is 1.70. The van der Waals surface area contributed by atoms with Crippen LogP contribution in [-0.2, 0) is 11.8 Å². The normalized spacial score (nSPS) is 37.4. The molecule has 144 valence electrons. The van der Waals surface area contributed by atoms with Crippen molar-refractivity contribution in [1.82, 2.24) is 0 Å². The third kappa shape index (κ3) is 2.39. The zero-order valence-electron chi connectivity index (χ0n) is 15.8. The summed E-state index contributed by atoms with van der Waals surface area (Å²) in [6, 6.07) is 3.95. The predicted molar refractivity (Wildman–Crippen MR) is 111 cm³/mol. The molecule has 27 heavy (non-hydrogen) atoms. The van der Waals surface area contributed by atoms with E-state index in [9.17, 15) is 10.2 Å². The summed E-state index contributed by atoms with van der Waals surface area (Å²) in [5.74, 6) is 1.94. The van der Waals surface area contributed by atoms with Gasteiger partial charge in [-0.05, 0) is 74.3 Å². The molecule has 4 aliphatic carbocycles. The van der Waals surface area contributed by atoms with Crippen molar-refractivity contribution in [2.24, 2.45) is 23.5 Å². The Morgan fingerprint density at radius 3 is 2.74 bits per heavy atom. The molecule has 1 aromatic rings. The first-order valence-electron chi connectivity index (χ1n) is 10.4. The molecule has 0 aliphatic heterocycles. The largest absolute Gasteiger partial charge is 0.507 e. The Kier molecular flexibility index (Phi) is 3.80. The van der Waals surface area contributed by atoms with E-state index >= 15 is 0 Å². The number of hydrogen-bond donors (Lipinski definition) is 3. The summed E-state index contributed by atoms with van der Waals surface area (Å²) in [6.07, 6.45) is 9.28. The molecule has 0 saturated heterocycles. The van der Waals surface area contributed by atoms with Crippen molar-refractivity contribution in [3.05, 3.63) is 41.0 Å². The van der Waals surface area contributed by atoms with Gasteiger partial charge in [0.2, 0.25) is 0 Å². The summed E-state index contributed by atoms with van der Waals surface area (Å²) in [5, 5.41) is 23.3. The molecule has 0 amide bonds. The van der Waals surface area contributed by atoms with Crippen molar-refractivity contribution in [2.75, 3.05) is 0 Å². The van der Waals surface area contributed by atoms with Gasteiger partial charge >= 0.3 is 0 Å². The quantitative estimate of drug-likeness (QED) is 0.543. The lowest BCUT2D eigenvalue weighted by molar-refractivity contribution is -0.159. The van der Waals surface area contributed by atoms with E-state index in [-0.39, 0.29) is 16.7 Å². The van der Waals surface area contributed by atoms with Gasteiger partial charge in [-0.25, -0.2) is 0 Å². The summed E-state index contributed by atoms with van der Waals surface area (Å²) in [4.78, 5) is 0.217. The molecule has 0 radical (unpaired) electrons. The second kappa shape index (κ2) is 5.81. The second-order valence-corrected chi connectivity index (χ2v) is 10.0. The molecule has 0 heterocycles. The summed E-state index contributed by atoms with van der Waals surface area (Å²) >= 11 is 5.17. The van der Waals surface area contributed by atoms with E-state index in [1.807, 2.05) is 6.07 Å². The van der Waals surface area contributed by atoms with Crippen LogP contribution >= 0.6 is 12.2 Å². The first-order valence-corrected chi connectivity index (χ1v) is 10.8. The molecule has 1 aromatic carbocycles. The minimum atomic E-state index is -0.759. The third-order valence-electron chi connectivity index (χ3n) is 8.15. The number of phenolic OH excluding ortho intramolecular Hbond substituents is 1. The van der Waals surface area contributed by atoms with Crippen LogP contribution in [0.25, 0.3) is 0 Å². The number of allylic oxidation sites excluding steroid dienone is 1. The minimum absolute atomic E-state index is 0.201. The van der Waals surface area contributed by atoms with Crippen molar-refractivity contribution < 1.29 is 10.2 Å². The van der Waals surface area contributed by atoms with Crippen LogP contribution in [0.4, 0.5) is 0 Å². The van der Waals surface area contributed by atoms with Crippen LogP contribution in [0.3, 0.4) is 0 Å². The highest BCUT2D eigenvalue weighted by Gasteiger charge is 2.65.